The van der Waals surface area contributed by atoms with Crippen molar-refractivity contribution < 1.29 is 9.53 Å². The van der Waals surface area contributed by atoms with Crippen molar-refractivity contribution in [2.45, 2.75) is 19.4 Å². The van der Waals surface area contributed by atoms with Gasteiger partial charge in [-0.05, 0) is 36.6 Å². The second-order valence-electron chi connectivity index (χ2n) is 4.61. The monoisotopic (exact) mass is 244 g/mol. The molecular formula is C14H16N2O2. The van der Waals surface area contributed by atoms with Gasteiger partial charge in [0, 0.05) is 19.3 Å². The van der Waals surface area contributed by atoms with Crippen LogP contribution in [0, 0.1) is 17.2 Å². The van der Waals surface area contributed by atoms with Gasteiger partial charge in [-0.3, -0.25) is 4.79 Å². The SMILES string of the molecule is CC1CCOC1C(=O)N(C)c1ccc(C#N)cc1. The largest absolute Gasteiger partial charge is 0.368 e. The van der Waals surface area contributed by atoms with Crippen LogP contribution in [0.3, 0.4) is 0 Å². The molecule has 1 saturated heterocycles. The van der Waals surface area contributed by atoms with Crippen LogP contribution in [-0.2, 0) is 9.53 Å². The van der Waals surface area contributed by atoms with Crippen LogP contribution in [0.2, 0.25) is 0 Å². The summed E-state index contributed by atoms with van der Waals surface area (Å²) in [5.74, 6) is 0.239. The van der Waals surface area contributed by atoms with E-state index in [1.165, 1.54) is 0 Å². The predicted molar refractivity (Wildman–Crippen MR) is 68.1 cm³/mol. The highest BCUT2D eigenvalue weighted by Gasteiger charge is 2.33. The van der Waals surface area contributed by atoms with Gasteiger partial charge in [-0.1, -0.05) is 6.92 Å². The van der Waals surface area contributed by atoms with Crippen molar-refractivity contribution in [3.63, 3.8) is 0 Å². The lowest BCUT2D eigenvalue weighted by atomic mass is 10.0. The molecule has 4 heteroatoms. The molecule has 18 heavy (non-hydrogen) atoms. The highest BCUT2D eigenvalue weighted by molar-refractivity contribution is 5.96. The number of rotatable bonds is 2. The van der Waals surface area contributed by atoms with Crippen LogP contribution >= 0.6 is 0 Å². The second-order valence-corrected chi connectivity index (χ2v) is 4.61. The van der Waals surface area contributed by atoms with Crippen LogP contribution in [-0.4, -0.2) is 25.7 Å². The van der Waals surface area contributed by atoms with Crippen LogP contribution in [0.15, 0.2) is 24.3 Å². The van der Waals surface area contributed by atoms with E-state index >= 15 is 0 Å². The number of amides is 1. The number of benzene rings is 1. The van der Waals surface area contributed by atoms with Crippen LogP contribution in [0.5, 0.6) is 0 Å². The number of carbonyl (C=O) groups excluding carboxylic acids is 1. The van der Waals surface area contributed by atoms with Gasteiger partial charge in [-0.15, -0.1) is 0 Å². The third kappa shape index (κ3) is 2.36. The van der Waals surface area contributed by atoms with Crippen molar-refractivity contribution in [1.29, 1.82) is 5.26 Å². The molecule has 0 N–H and O–H groups in total. The first kappa shape index (κ1) is 12.6. The Morgan fingerprint density at radius 2 is 2.11 bits per heavy atom. The molecule has 1 heterocycles. The van der Waals surface area contributed by atoms with Gasteiger partial charge in [-0.2, -0.15) is 5.26 Å². The lowest BCUT2D eigenvalue weighted by Gasteiger charge is -2.22. The molecule has 0 bridgehead atoms. The van der Waals surface area contributed by atoms with Gasteiger partial charge < -0.3 is 9.64 Å². The van der Waals surface area contributed by atoms with Crippen molar-refractivity contribution in [2.75, 3.05) is 18.6 Å². The Balaban J connectivity index is 2.12. The molecule has 2 rings (SSSR count). The number of anilines is 1. The zero-order chi connectivity index (χ0) is 13.1. The average molecular weight is 244 g/mol. The Morgan fingerprint density at radius 1 is 1.44 bits per heavy atom. The summed E-state index contributed by atoms with van der Waals surface area (Å²) in [6, 6.07) is 9.02. The number of ether oxygens (including phenoxy) is 1. The Kier molecular flexibility index (Phi) is 3.63. The summed E-state index contributed by atoms with van der Waals surface area (Å²) in [7, 11) is 1.73. The highest BCUT2D eigenvalue weighted by Crippen LogP contribution is 2.24. The van der Waals surface area contributed by atoms with E-state index in [1.807, 2.05) is 6.92 Å². The van der Waals surface area contributed by atoms with E-state index < -0.39 is 0 Å². The first-order chi connectivity index (χ1) is 8.63. The topological polar surface area (TPSA) is 53.3 Å². The lowest BCUT2D eigenvalue weighted by Crippen LogP contribution is -2.38. The van der Waals surface area contributed by atoms with Crippen LogP contribution < -0.4 is 4.90 Å². The number of hydrogen-bond acceptors (Lipinski definition) is 3. The first-order valence-electron chi connectivity index (χ1n) is 6.03. The fraction of sp³-hybridized carbons (Fsp3) is 0.429. The fourth-order valence-corrected chi connectivity index (χ4v) is 2.09. The Hall–Kier alpha value is -1.86. The standard InChI is InChI=1S/C14H16N2O2/c1-10-7-8-18-13(10)14(17)16(2)12-5-3-11(9-15)4-6-12/h3-6,10,13H,7-8H2,1-2H3. The van der Waals surface area contributed by atoms with Crippen molar-refractivity contribution in [1.82, 2.24) is 0 Å². The molecule has 94 valence electrons. The maximum absolute atomic E-state index is 12.2. The molecule has 0 saturated carbocycles. The maximum Gasteiger partial charge on any atom is 0.256 e. The minimum absolute atomic E-state index is 0.0234. The molecule has 4 nitrogen and oxygen atoms in total. The number of likely N-dealkylation sites (N-methyl/N-ethyl adjacent to an activating group) is 1. The van der Waals surface area contributed by atoms with E-state index in [4.69, 9.17) is 10.00 Å². The minimum atomic E-state index is -0.342. The van der Waals surface area contributed by atoms with Crippen molar-refractivity contribution >= 4 is 11.6 Å². The number of carbonyl (C=O) groups is 1. The molecule has 2 atom stereocenters. The molecule has 0 spiro atoms. The zero-order valence-corrected chi connectivity index (χ0v) is 10.6. The normalized spacial score (nSPS) is 22.5. The van der Waals surface area contributed by atoms with E-state index in [0.717, 1.165) is 12.1 Å². The Morgan fingerprint density at radius 3 is 2.61 bits per heavy atom. The summed E-state index contributed by atoms with van der Waals surface area (Å²) in [5.41, 5.74) is 1.37. The molecule has 1 amide bonds. The number of nitriles is 1. The predicted octanol–water partition coefficient (Wildman–Crippen LogP) is 1.95. The summed E-state index contributed by atoms with van der Waals surface area (Å²) < 4.78 is 5.47. The molecule has 2 unspecified atom stereocenters. The lowest BCUT2D eigenvalue weighted by molar-refractivity contribution is -0.128. The van der Waals surface area contributed by atoms with Gasteiger partial charge in [0.1, 0.15) is 6.10 Å². The molecule has 1 aliphatic heterocycles. The molecular weight excluding hydrogens is 228 g/mol. The van der Waals surface area contributed by atoms with E-state index in [2.05, 4.69) is 6.07 Å². The average Bonchev–Trinajstić information content (AvgIpc) is 2.83. The summed E-state index contributed by atoms with van der Waals surface area (Å²) in [6.45, 7) is 2.68. The van der Waals surface area contributed by atoms with Gasteiger partial charge in [0.05, 0.1) is 11.6 Å². The van der Waals surface area contributed by atoms with Gasteiger partial charge in [0.25, 0.3) is 5.91 Å². The molecule has 0 aromatic heterocycles. The van der Waals surface area contributed by atoms with E-state index in [1.54, 1.807) is 36.2 Å². The van der Waals surface area contributed by atoms with E-state index in [0.29, 0.717) is 12.2 Å². The van der Waals surface area contributed by atoms with E-state index in [-0.39, 0.29) is 17.9 Å². The number of hydrogen-bond donors (Lipinski definition) is 0. The van der Waals surface area contributed by atoms with Crippen molar-refractivity contribution in [3.8, 4) is 6.07 Å². The maximum atomic E-state index is 12.2. The Bertz CT molecular complexity index is 476. The molecule has 1 aliphatic rings. The molecule has 0 radical (unpaired) electrons. The molecule has 0 aliphatic carbocycles. The van der Waals surface area contributed by atoms with Crippen LogP contribution in [0.4, 0.5) is 5.69 Å². The summed E-state index contributed by atoms with van der Waals surface area (Å²) in [4.78, 5) is 13.8. The van der Waals surface area contributed by atoms with Crippen molar-refractivity contribution in [2.24, 2.45) is 5.92 Å². The molecule has 1 fully saturated rings. The quantitative estimate of drug-likeness (QED) is 0.799. The molecule has 1 aromatic carbocycles. The summed E-state index contributed by atoms with van der Waals surface area (Å²) in [6.07, 6.45) is 0.586. The van der Waals surface area contributed by atoms with Gasteiger partial charge in [-0.25, -0.2) is 0 Å². The summed E-state index contributed by atoms with van der Waals surface area (Å²) >= 11 is 0. The minimum Gasteiger partial charge on any atom is -0.368 e. The first-order valence-corrected chi connectivity index (χ1v) is 6.03. The summed E-state index contributed by atoms with van der Waals surface area (Å²) in [5, 5.41) is 8.73. The third-order valence-electron chi connectivity index (χ3n) is 3.35. The fourth-order valence-electron chi connectivity index (χ4n) is 2.09. The van der Waals surface area contributed by atoms with Crippen LogP contribution in [0.25, 0.3) is 0 Å². The van der Waals surface area contributed by atoms with Crippen molar-refractivity contribution in [3.05, 3.63) is 29.8 Å². The zero-order valence-electron chi connectivity index (χ0n) is 10.6. The second kappa shape index (κ2) is 5.19. The number of nitrogens with zero attached hydrogens (tertiary/aromatic N) is 2. The van der Waals surface area contributed by atoms with Gasteiger partial charge >= 0.3 is 0 Å². The smallest absolute Gasteiger partial charge is 0.256 e. The molecule has 1 aromatic rings. The van der Waals surface area contributed by atoms with Gasteiger partial charge in [0.15, 0.2) is 0 Å². The van der Waals surface area contributed by atoms with Crippen LogP contribution in [0.1, 0.15) is 18.9 Å². The van der Waals surface area contributed by atoms with E-state index in [9.17, 15) is 4.79 Å². The highest BCUT2D eigenvalue weighted by atomic mass is 16.5. The Labute approximate surface area is 107 Å². The third-order valence-corrected chi connectivity index (χ3v) is 3.35. The van der Waals surface area contributed by atoms with Gasteiger partial charge in [0.2, 0.25) is 0 Å².